The van der Waals surface area contributed by atoms with E-state index >= 15 is 0 Å². The molecule has 3 heteroatoms. The second-order valence-corrected chi connectivity index (χ2v) is 7.37. The lowest BCUT2D eigenvalue weighted by molar-refractivity contribution is 0.0186. The van der Waals surface area contributed by atoms with Crippen LogP contribution in [0.15, 0.2) is 24.3 Å². The molecule has 1 N–H and O–H groups in total. The topological polar surface area (TPSA) is 15.3 Å². The first kappa shape index (κ1) is 15.0. The van der Waals surface area contributed by atoms with Crippen molar-refractivity contribution in [2.45, 2.75) is 51.7 Å². The van der Waals surface area contributed by atoms with Gasteiger partial charge in [-0.05, 0) is 49.3 Å². The van der Waals surface area contributed by atoms with Gasteiger partial charge in [0.1, 0.15) is 5.82 Å². The van der Waals surface area contributed by atoms with Crippen molar-refractivity contribution in [3.05, 3.63) is 35.6 Å². The summed E-state index contributed by atoms with van der Waals surface area (Å²) in [7, 11) is 0. The molecule has 1 aliphatic carbocycles. The minimum atomic E-state index is -0.149. The van der Waals surface area contributed by atoms with Crippen LogP contribution in [0.4, 0.5) is 4.39 Å². The molecule has 0 bridgehead atoms. The van der Waals surface area contributed by atoms with Crippen molar-refractivity contribution in [2.24, 2.45) is 11.8 Å². The molecule has 2 aliphatic rings. The first-order valence-corrected chi connectivity index (χ1v) is 8.22. The molecule has 1 saturated carbocycles. The van der Waals surface area contributed by atoms with Crippen LogP contribution in [0.2, 0.25) is 0 Å². The van der Waals surface area contributed by atoms with E-state index in [0.717, 1.165) is 25.6 Å². The molecule has 116 valence electrons. The average Bonchev–Trinajstić information content (AvgIpc) is 3.28. The second kappa shape index (κ2) is 5.69. The fourth-order valence-corrected chi connectivity index (χ4v) is 3.57. The van der Waals surface area contributed by atoms with Gasteiger partial charge in [0, 0.05) is 31.2 Å². The third kappa shape index (κ3) is 3.14. The number of halogens is 1. The molecule has 3 rings (SSSR count). The minimum absolute atomic E-state index is 0.149. The summed E-state index contributed by atoms with van der Waals surface area (Å²) in [6.45, 7) is 10.1. The van der Waals surface area contributed by atoms with Crippen molar-refractivity contribution in [2.75, 3.05) is 13.1 Å². The van der Waals surface area contributed by atoms with E-state index < -0.39 is 0 Å². The molecule has 1 saturated heterocycles. The second-order valence-electron chi connectivity index (χ2n) is 7.37. The van der Waals surface area contributed by atoms with Gasteiger partial charge < -0.3 is 5.32 Å². The highest BCUT2D eigenvalue weighted by Gasteiger charge is 2.48. The number of nitrogens with one attached hydrogen (secondary N) is 1. The summed E-state index contributed by atoms with van der Waals surface area (Å²) >= 11 is 0. The highest BCUT2D eigenvalue weighted by molar-refractivity contribution is 5.17. The average molecular weight is 290 g/mol. The summed E-state index contributed by atoms with van der Waals surface area (Å²) in [4.78, 5) is 2.64. The molecule has 0 spiro atoms. The Labute approximate surface area is 127 Å². The molecule has 0 aromatic heterocycles. The van der Waals surface area contributed by atoms with Crippen molar-refractivity contribution < 1.29 is 4.39 Å². The number of benzene rings is 1. The van der Waals surface area contributed by atoms with E-state index in [4.69, 9.17) is 0 Å². The van der Waals surface area contributed by atoms with Gasteiger partial charge in [0.25, 0.3) is 0 Å². The van der Waals surface area contributed by atoms with E-state index in [9.17, 15) is 4.39 Å². The molecule has 0 radical (unpaired) electrons. The fraction of sp³-hybridized carbons (Fsp3) is 0.667. The van der Waals surface area contributed by atoms with Crippen LogP contribution in [0.3, 0.4) is 0 Å². The van der Waals surface area contributed by atoms with Crippen LogP contribution in [0, 0.1) is 17.7 Å². The van der Waals surface area contributed by atoms with Crippen molar-refractivity contribution in [3.8, 4) is 0 Å². The molecule has 1 aromatic rings. The molecule has 21 heavy (non-hydrogen) atoms. The minimum Gasteiger partial charge on any atom is -0.311 e. The SMILES string of the molecule is CC(C)C1CN(Cc2ccc(F)cc2)C(C)(C2CC2)CN1. The number of hydrogen-bond acceptors (Lipinski definition) is 2. The molecule has 2 fully saturated rings. The van der Waals surface area contributed by atoms with Gasteiger partial charge >= 0.3 is 0 Å². The molecule has 1 heterocycles. The maximum Gasteiger partial charge on any atom is 0.123 e. The third-order valence-corrected chi connectivity index (χ3v) is 5.41. The maximum absolute atomic E-state index is 13.1. The van der Waals surface area contributed by atoms with Crippen molar-refractivity contribution in [1.82, 2.24) is 10.2 Å². The zero-order chi connectivity index (χ0) is 15.0. The Balaban J connectivity index is 1.77. The number of hydrogen-bond donors (Lipinski definition) is 1. The standard InChI is InChI=1S/C18H27FN2/c1-13(2)17-11-21(10-14-4-8-16(19)9-5-14)18(3,12-20-17)15-6-7-15/h4-5,8-9,13,15,17,20H,6-7,10-12H2,1-3H3. The number of piperazine rings is 1. The summed E-state index contributed by atoms with van der Waals surface area (Å²) in [6.07, 6.45) is 2.70. The van der Waals surface area contributed by atoms with Gasteiger partial charge in [0.2, 0.25) is 0 Å². The van der Waals surface area contributed by atoms with Crippen molar-refractivity contribution in [3.63, 3.8) is 0 Å². The molecule has 2 atom stereocenters. The quantitative estimate of drug-likeness (QED) is 0.914. The van der Waals surface area contributed by atoms with Crippen molar-refractivity contribution in [1.29, 1.82) is 0 Å². The lowest BCUT2D eigenvalue weighted by atomic mass is 9.87. The first-order chi connectivity index (χ1) is 9.99. The van der Waals surface area contributed by atoms with Gasteiger partial charge in [-0.1, -0.05) is 26.0 Å². The van der Waals surface area contributed by atoms with Crippen LogP contribution < -0.4 is 5.32 Å². The molecular formula is C18H27FN2. The zero-order valence-electron chi connectivity index (χ0n) is 13.4. The smallest absolute Gasteiger partial charge is 0.123 e. The van der Waals surface area contributed by atoms with Gasteiger partial charge in [-0.2, -0.15) is 0 Å². The van der Waals surface area contributed by atoms with E-state index in [1.165, 1.54) is 18.4 Å². The van der Waals surface area contributed by atoms with E-state index in [0.29, 0.717) is 12.0 Å². The largest absolute Gasteiger partial charge is 0.311 e. The first-order valence-electron chi connectivity index (χ1n) is 8.22. The normalized spacial score (nSPS) is 30.8. The zero-order valence-corrected chi connectivity index (χ0v) is 13.4. The summed E-state index contributed by atoms with van der Waals surface area (Å²) in [6, 6.07) is 7.55. The van der Waals surface area contributed by atoms with Crippen LogP contribution in [0.5, 0.6) is 0 Å². The van der Waals surface area contributed by atoms with E-state index in [1.807, 2.05) is 12.1 Å². The predicted molar refractivity (Wildman–Crippen MR) is 84.6 cm³/mol. The van der Waals surface area contributed by atoms with Crippen LogP contribution in [-0.2, 0) is 6.54 Å². The molecule has 2 nitrogen and oxygen atoms in total. The monoisotopic (exact) mass is 290 g/mol. The Morgan fingerprint density at radius 2 is 1.95 bits per heavy atom. The fourth-order valence-electron chi connectivity index (χ4n) is 3.57. The van der Waals surface area contributed by atoms with E-state index in [-0.39, 0.29) is 11.4 Å². The Morgan fingerprint density at radius 1 is 1.29 bits per heavy atom. The summed E-state index contributed by atoms with van der Waals surface area (Å²) in [5, 5.41) is 3.75. The van der Waals surface area contributed by atoms with Crippen LogP contribution in [-0.4, -0.2) is 29.6 Å². The summed E-state index contributed by atoms with van der Waals surface area (Å²) in [5.41, 5.74) is 1.47. The van der Waals surface area contributed by atoms with E-state index in [2.05, 4.69) is 31.0 Å². The summed E-state index contributed by atoms with van der Waals surface area (Å²) < 4.78 is 13.1. The van der Waals surface area contributed by atoms with Gasteiger partial charge in [0.05, 0.1) is 0 Å². The highest BCUT2D eigenvalue weighted by atomic mass is 19.1. The number of nitrogens with zero attached hydrogens (tertiary/aromatic N) is 1. The van der Waals surface area contributed by atoms with Crippen LogP contribution in [0.1, 0.15) is 39.2 Å². The lowest BCUT2D eigenvalue weighted by Crippen LogP contribution is -2.65. The summed E-state index contributed by atoms with van der Waals surface area (Å²) in [5.74, 6) is 1.31. The lowest BCUT2D eigenvalue weighted by Gasteiger charge is -2.49. The molecular weight excluding hydrogens is 263 g/mol. The maximum atomic E-state index is 13.1. The van der Waals surface area contributed by atoms with Gasteiger partial charge in [-0.15, -0.1) is 0 Å². The Bertz CT molecular complexity index is 480. The van der Waals surface area contributed by atoms with Crippen LogP contribution in [0.25, 0.3) is 0 Å². The number of rotatable bonds is 4. The molecule has 2 unspecified atom stereocenters. The Kier molecular flexibility index (Phi) is 4.06. The highest BCUT2D eigenvalue weighted by Crippen LogP contribution is 2.44. The third-order valence-electron chi connectivity index (χ3n) is 5.41. The molecule has 0 amide bonds. The van der Waals surface area contributed by atoms with E-state index in [1.54, 1.807) is 12.1 Å². The Morgan fingerprint density at radius 3 is 2.52 bits per heavy atom. The van der Waals surface area contributed by atoms with Gasteiger partial charge in [0.15, 0.2) is 0 Å². The molecule has 1 aromatic carbocycles. The van der Waals surface area contributed by atoms with Gasteiger partial charge in [-0.3, -0.25) is 4.90 Å². The molecule has 1 aliphatic heterocycles. The van der Waals surface area contributed by atoms with Gasteiger partial charge in [-0.25, -0.2) is 4.39 Å². The predicted octanol–water partition coefficient (Wildman–Crippen LogP) is 3.42. The van der Waals surface area contributed by atoms with Crippen molar-refractivity contribution >= 4 is 0 Å². The van der Waals surface area contributed by atoms with Crippen LogP contribution >= 0.6 is 0 Å². The Hall–Kier alpha value is -0.930.